The molecule has 0 aromatic heterocycles. The molecule has 0 heterocycles. The summed E-state index contributed by atoms with van der Waals surface area (Å²) in [6.07, 6.45) is -1.03. The molecule has 21 heavy (non-hydrogen) atoms. The van der Waals surface area contributed by atoms with Crippen LogP contribution in [0.5, 0.6) is 0 Å². The second-order valence-electron chi connectivity index (χ2n) is 4.44. The van der Waals surface area contributed by atoms with E-state index in [1.54, 1.807) is 30.3 Å². The van der Waals surface area contributed by atoms with Gasteiger partial charge in [-0.1, -0.05) is 36.4 Å². The molecule has 0 spiro atoms. The van der Waals surface area contributed by atoms with E-state index in [9.17, 15) is 17.9 Å². The third-order valence-electron chi connectivity index (χ3n) is 2.92. The van der Waals surface area contributed by atoms with E-state index in [-0.39, 0.29) is 12.2 Å². The topological polar surface area (TPSA) is 92.4 Å². The summed E-state index contributed by atoms with van der Waals surface area (Å²) in [7, 11) is -4.13. The second-order valence-corrected chi connectivity index (χ2v) is 6.14. The van der Waals surface area contributed by atoms with Gasteiger partial charge in [-0.05, 0) is 17.7 Å². The zero-order valence-corrected chi connectivity index (χ0v) is 11.8. The van der Waals surface area contributed by atoms with Gasteiger partial charge in [0, 0.05) is 6.54 Å². The lowest BCUT2D eigenvalue weighted by Gasteiger charge is -2.14. The van der Waals surface area contributed by atoms with E-state index in [0.717, 1.165) is 6.07 Å². The van der Waals surface area contributed by atoms with Crippen molar-refractivity contribution in [1.29, 1.82) is 0 Å². The van der Waals surface area contributed by atoms with Gasteiger partial charge >= 0.3 is 0 Å². The van der Waals surface area contributed by atoms with Crippen molar-refractivity contribution in [3.05, 3.63) is 59.9 Å². The quantitative estimate of drug-likeness (QED) is 0.728. The van der Waals surface area contributed by atoms with Crippen molar-refractivity contribution >= 4 is 15.7 Å². The fourth-order valence-electron chi connectivity index (χ4n) is 1.86. The molecule has 2 rings (SSSR count). The van der Waals surface area contributed by atoms with Crippen LogP contribution in [-0.2, 0) is 10.0 Å². The number of benzene rings is 2. The lowest BCUT2D eigenvalue weighted by Crippen LogP contribution is -2.29. The minimum absolute atomic E-state index is 0.184. The summed E-state index contributed by atoms with van der Waals surface area (Å²) in [6, 6.07) is 12.2. The Kier molecular flexibility index (Phi) is 4.56. The van der Waals surface area contributed by atoms with E-state index in [4.69, 9.17) is 5.73 Å². The van der Waals surface area contributed by atoms with Crippen molar-refractivity contribution in [2.45, 2.75) is 11.0 Å². The molecule has 0 amide bonds. The van der Waals surface area contributed by atoms with Gasteiger partial charge in [-0.3, -0.25) is 0 Å². The number of halogens is 1. The number of aliphatic hydroxyl groups excluding tert-OH is 1. The van der Waals surface area contributed by atoms with Crippen molar-refractivity contribution < 1.29 is 17.9 Å². The van der Waals surface area contributed by atoms with E-state index < -0.39 is 26.8 Å². The van der Waals surface area contributed by atoms with Crippen LogP contribution in [0.1, 0.15) is 11.7 Å². The number of hydrogen-bond acceptors (Lipinski definition) is 4. The van der Waals surface area contributed by atoms with Crippen LogP contribution in [0.15, 0.2) is 53.4 Å². The van der Waals surface area contributed by atoms with Crippen molar-refractivity contribution in [2.75, 3.05) is 12.3 Å². The monoisotopic (exact) mass is 310 g/mol. The number of hydrogen-bond donors (Lipinski definition) is 3. The number of rotatable bonds is 5. The molecule has 112 valence electrons. The summed E-state index contributed by atoms with van der Waals surface area (Å²) in [5.74, 6) is -0.934. The van der Waals surface area contributed by atoms with Gasteiger partial charge in [0.2, 0.25) is 10.0 Å². The molecule has 0 fully saturated rings. The third kappa shape index (κ3) is 3.57. The van der Waals surface area contributed by atoms with Crippen molar-refractivity contribution in [2.24, 2.45) is 0 Å². The molecule has 0 radical (unpaired) electrons. The van der Waals surface area contributed by atoms with E-state index in [2.05, 4.69) is 4.72 Å². The van der Waals surface area contributed by atoms with Gasteiger partial charge in [0.15, 0.2) is 0 Å². The fraction of sp³-hybridized carbons (Fsp3) is 0.143. The zero-order valence-electron chi connectivity index (χ0n) is 11.0. The second kappa shape index (κ2) is 6.21. The number of nitrogen functional groups attached to an aromatic ring is 1. The van der Waals surface area contributed by atoms with Crippen LogP contribution in [0.3, 0.4) is 0 Å². The number of nitrogens with two attached hydrogens (primary N) is 1. The van der Waals surface area contributed by atoms with E-state index in [1.165, 1.54) is 12.1 Å². The minimum atomic E-state index is -4.13. The highest BCUT2D eigenvalue weighted by atomic mass is 32.2. The summed E-state index contributed by atoms with van der Waals surface area (Å²) in [5, 5.41) is 9.92. The molecule has 0 saturated carbocycles. The smallest absolute Gasteiger partial charge is 0.245 e. The first-order chi connectivity index (χ1) is 9.92. The van der Waals surface area contributed by atoms with Crippen molar-refractivity contribution in [3.63, 3.8) is 0 Å². The predicted molar refractivity (Wildman–Crippen MR) is 77.4 cm³/mol. The van der Waals surface area contributed by atoms with Crippen LogP contribution < -0.4 is 10.5 Å². The standard InChI is InChI=1S/C14H15FN2O3S/c15-11-7-4-8-12(16)14(11)21(19,20)17-9-13(18)10-5-2-1-3-6-10/h1-8,13,17-18H,9,16H2. The average molecular weight is 310 g/mol. The summed E-state index contributed by atoms with van der Waals surface area (Å²) >= 11 is 0. The molecule has 0 aliphatic heterocycles. The molecule has 0 aliphatic carbocycles. The Labute approximate surface area is 122 Å². The summed E-state index contributed by atoms with van der Waals surface area (Å²) in [6.45, 7) is -0.278. The Hall–Kier alpha value is -1.96. The lowest BCUT2D eigenvalue weighted by molar-refractivity contribution is 0.182. The highest BCUT2D eigenvalue weighted by Gasteiger charge is 2.23. The van der Waals surface area contributed by atoms with Crippen LogP contribution in [0.25, 0.3) is 0 Å². The van der Waals surface area contributed by atoms with Crippen LogP contribution in [0.4, 0.5) is 10.1 Å². The van der Waals surface area contributed by atoms with E-state index in [0.29, 0.717) is 5.56 Å². The zero-order chi connectivity index (χ0) is 15.5. The Morgan fingerprint density at radius 2 is 1.81 bits per heavy atom. The highest BCUT2D eigenvalue weighted by molar-refractivity contribution is 7.89. The van der Waals surface area contributed by atoms with Gasteiger partial charge < -0.3 is 10.8 Å². The molecular weight excluding hydrogens is 295 g/mol. The maximum atomic E-state index is 13.6. The number of aliphatic hydroxyl groups is 1. The molecular formula is C14H15FN2O3S. The maximum Gasteiger partial charge on any atom is 0.245 e. The van der Waals surface area contributed by atoms with Gasteiger partial charge in [0.25, 0.3) is 0 Å². The molecule has 0 saturated heterocycles. The van der Waals surface area contributed by atoms with E-state index >= 15 is 0 Å². The molecule has 1 unspecified atom stereocenters. The first-order valence-electron chi connectivity index (χ1n) is 6.18. The van der Waals surface area contributed by atoms with Gasteiger partial charge in [0.1, 0.15) is 10.7 Å². The third-order valence-corrected chi connectivity index (χ3v) is 4.43. The largest absolute Gasteiger partial charge is 0.398 e. The van der Waals surface area contributed by atoms with Crippen LogP contribution in [-0.4, -0.2) is 20.1 Å². The fourth-order valence-corrected chi connectivity index (χ4v) is 3.09. The summed E-state index contributed by atoms with van der Waals surface area (Å²) < 4.78 is 39.9. The number of anilines is 1. The molecule has 4 N–H and O–H groups in total. The lowest BCUT2D eigenvalue weighted by atomic mass is 10.1. The first-order valence-corrected chi connectivity index (χ1v) is 7.67. The normalized spacial score (nSPS) is 13.0. The van der Waals surface area contributed by atoms with Crippen molar-refractivity contribution in [3.8, 4) is 0 Å². The highest BCUT2D eigenvalue weighted by Crippen LogP contribution is 2.22. The van der Waals surface area contributed by atoms with Crippen LogP contribution in [0.2, 0.25) is 0 Å². The minimum Gasteiger partial charge on any atom is -0.398 e. The molecule has 2 aromatic carbocycles. The molecule has 0 bridgehead atoms. The van der Waals surface area contributed by atoms with Crippen LogP contribution >= 0.6 is 0 Å². The average Bonchev–Trinajstić information content (AvgIpc) is 2.45. The summed E-state index contributed by atoms with van der Waals surface area (Å²) in [5.41, 5.74) is 5.88. The molecule has 7 heteroatoms. The summed E-state index contributed by atoms with van der Waals surface area (Å²) in [4.78, 5) is -0.606. The molecule has 2 aromatic rings. The van der Waals surface area contributed by atoms with Gasteiger partial charge in [-0.2, -0.15) is 0 Å². The molecule has 0 aliphatic rings. The Morgan fingerprint density at radius 3 is 2.43 bits per heavy atom. The maximum absolute atomic E-state index is 13.6. The molecule has 1 atom stereocenters. The Balaban J connectivity index is 2.16. The SMILES string of the molecule is Nc1cccc(F)c1S(=O)(=O)NCC(O)c1ccccc1. The number of nitrogens with one attached hydrogen (secondary N) is 1. The number of sulfonamides is 1. The predicted octanol–water partition coefficient (Wildman–Crippen LogP) is 1.42. The van der Waals surface area contributed by atoms with E-state index in [1.807, 2.05) is 0 Å². The van der Waals surface area contributed by atoms with Gasteiger partial charge in [-0.15, -0.1) is 0 Å². The first kappa shape index (κ1) is 15.4. The van der Waals surface area contributed by atoms with Gasteiger partial charge in [0.05, 0.1) is 11.8 Å². The van der Waals surface area contributed by atoms with Crippen molar-refractivity contribution in [1.82, 2.24) is 4.72 Å². The Morgan fingerprint density at radius 1 is 1.14 bits per heavy atom. The molecule has 5 nitrogen and oxygen atoms in total. The Bertz CT molecular complexity index is 700. The van der Waals surface area contributed by atoms with Gasteiger partial charge in [-0.25, -0.2) is 17.5 Å². The van der Waals surface area contributed by atoms with Crippen LogP contribution in [0, 0.1) is 5.82 Å².